The van der Waals surface area contributed by atoms with Crippen LogP contribution < -0.4 is 14.8 Å². The summed E-state index contributed by atoms with van der Waals surface area (Å²) in [4.78, 5) is 14.6. The predicted molar refractivity (Wildman–Crippen MR) is 99.4 cm³/mol. The van der Waals surface area contributed by atoms with Gasteiger partial charge in [0.1, 0.15) is 0 Å². The van der Waals surface area contributed by atoms with Gasteiger partial charge in [0.2, 0.25) is 0 Å². The fourth-order valence-electron chi connectivity index (χ4n) is 3.62. The number of fused-ring (bicyclic) bond motifs is 1. The van der Waals surface area contributed by atoms with Gasteiger partial charge in [0, 0.05) is 19.5 Å². The Balaban J connectivity index is 1.46. The fourth-order valence-corrected chi connectivity index (χ4v) is 3.62. The molecule has 0 bridgehead atoms. The van der Waals surface area contributed by atoms with E-state index < -0.39 is 0 Å². The molecule has 4 rings (SSSR count). The van der Waals surface area contributed by atoms with Crippen molar-refractivity contribution in [3.63, 3.8) is 0 Å². The van der Waals surface area contributed by atoms with Gasteiger partial charge >= 0.3 is 6.03 Å². The average molecular weight is 352 g/mol. The Hall–Kier alpha value is -2.69. The molecule has 0 spiro atoms. The zero-order valence-corrected chi connectivity index (χ0v) is 14.8. The molecule has 5 nitrogen and oxygen atoms in total. The van der Waals surface area contributed by atoms with Gasteiger partial charge < -0.3 is 19.7 Å². The monoisotopic (exact) mass is 352 g/mol. The Morgan fingerprint density at radius 3 is 2.69 bits per heavy atom. The molecule has 2 heterocycles. The minimum absolute atomic E-state index is 0.0107. The normalized spacial score (nSPS) is 19.1. The summed E-state index contributed by atoms with van der Waals surface area (Å²) in [5.41, 5.74) is 2.22. The van der Waals surface area contributed by atoms with Crippen molar-refractivity contribution in [1.29, 1.82) is 0 Å². The van der Waals surface area contributed by atoms with Gasteiger partial charge in [-0.05, 0) is 36.1 Å². The van der Waals surface area contributed by atoms with E-state index in [1.807, 2.05) is 47.4 Å². The van der Waals surface area contributed by atoms with Gasteiger partial charge in [0.25, 0.3) is 0 Å². The predicted octanol–water partition coefficient (Wildman–Crippen LogP) is 3.89. The number of benzene rings is 2. The summed E-state index contributed by atoms with van der Waals surface area (Å²) in [6, 6.07) is 16.1. The first kappa shape index (κ1) is 16.8. The summed E-state index contributed by atoms with van der Waals surface area (Å²) in [5.74, 6) is 1.58. The van der Waals surface area contributed by atoms with E-state index in [1.165, 1.54) is 0 Å². The number of nitrogens with zero attached hydrogens (tertiary/aromatic N) is 1. The van der Waals surface area contributed by atoms with E-state index in [9.17, 15) is 4.79 Å². The molecule has 2 aromatic rings. The largest absolute Gasteiger partial charge is 0.490 e. The molecule has 0 saturated carbocycles. The summed E-state index contributed by atoms with van der Waals surface area (Å²) < 4.78 is 11.5. The number of rotatable bonds is 3. The van der Waals surface area contributed by atoms with E-state index in [-0.39, 0.29) is 12.1 Å². The van der Waals surface area contributed by atoms with E-state index in [2.05, 4.69) is 11.4 Å². The van der Waals surface area contributed by atoms with Crippen LogP contribution in [0.5, 0.6) is 11.5 Å². The maximum absolute atomic E-state index is 12.7. The molecular formula is C21H24N2O3. The second kappa shape index (κ2) is 7.68. The number of nitrogens with one attached hydrogen (secondary N) is 1. The van der Waals surface area contributed by atoms with Crippen LogP contribution in [0.4, 0.5) is 4.79 Å². The topological polar surface area (TPSA) is 50.8 Å². The highest BCUT2D eigenvalue weighted by molar-refractivity contribution is 5.75. The van der Waals surface area contributed by atoms with E-state index in [4.69, 9.17) is 9.47 Å². The number of ether oxygens (including phenoxy) is 2. The highest BCUT2D eigenvalue weighted by Crippen LogP contribution is 2.37. The maximum Gasteiger partial charge on any atom is 0.318 e. The van der Waals surface area contributed by atoms with Crippen molar-refractivity contribution >= 4 is 6.03 Å². The lowest BCUT2D eigenvalue weighted by Gasteiger charge is -2.26. The Kier molecular flexibility index (Phi) is 4.95. The first-order valence-electron chi connectivity index (χ1n) is 9.29. The van der Waals surface area contributed by atoms with Crippen LogP contribution in [0, 0.1) is 0 Å². The van der Waals surface area contributed by atoms with Crippen molar-refractivity contribution in [1.82, 2.24) is 10.2 Å². The molecule has 5 heteroatoms. The second-order valence-electron chi connectivity index (χ2n) is 6.75. The van der Waals surface area contributed by atoms with Crippen LogP contribution in [0.3, 0.4) is 0 Å². The van der Waals surface area contributed by atoms with E-state index in [0.29, 0.717) is 19.8 Å². The van der Waals surface area contributed by atoms with Crippen LogP contribution in [-0.2, 0) is 6.54 Å². The zero-order valence-electron chi connectivity index (χ0n) is 14.8. The van der Waals surface area contributed by atoms with Crippen LogP contribution in [0.2, 0.25) is 0 Å². The van der Waals surface area contributed by atoms with Crippen molar-refractivity contribution in [3.8, 4) is 11.5 Å². The Labute approximate surface area is 153 Å². The highest BCUT2D eigenvalue weighted by Gasteiger charge is 2.30. The first-order valence-corrected chi connectivity index (χ1v) is 9.29. The highest BCUT2D eigenvalue weighted by atomic mass is 16.5. The molecule has 0 aromatic heterocycles. The van der Waals surface area contributed by atoms with Crippen molar-refractivity contribution in [2.24, 2.45) is 0 Å². The maximum atomic E-state index is 12.7. The van der Waals surface area contributed by atoms with Crippen molar-refractivity contribution in [2.75, 3.05) is 19.8 Å². The number of amides is 2. The van der Waals surface area contributed by atoms with Crippen LogP contribution in [0.25, 0.3) is 0 Å². The molecule has 0 radical (unpaired) electrons. The molecule has 0 aliphatic carbocycles. The summed E-state index contributed by atoms with van der Waals surface area (Å²) in [7, 11) is 0. The molecule has 2 aliphatic rings. The first-order chi connectivity index (χ1) is 12.8. The van der Waals surface area contributed by atoms with Gasteiger partial charge in [-0.1, -0.05) is 36.4 Å². The average Bonchev–Trinajstić information content (AvgIpc) is 3.06. The van der Waals surface area contributed by atoms with Crippen molar-refractivity contribution in [3.05, 3.63) is 59.7 Å². The van der Waals surface area contributed by atoms with Gasteiger partial charge in [-0.15, -0.1) is 0 Å². The fraction of sp³-hybridized carbons (Fsp3) is 0.381. The smallest absolute Gasteiger partial charge is 0.318 e. The Bertz CT molecular complexity index is 763. The lowest BCUT2D eigenvalue weighted by atomic mass is 10.0. The lowest BCUT2D eigenvalue weighted by Crippen LogP contribution is -2.39. The molecule has 2 aliphatic heterocycles. The Morgan fingerprint density at radius 1 is 1.04 bits per heavy atom. The van der Waals surface area contributed by atoms with Crippen molar-refractivity contribution < 1.29 is 14.3 Å². The third kappa shape index (κ3) is 3.62. The van der Waals surface area contributed by atoms with Crippen LogP contribution >= 0.6 is 0 Å². The van der Waals surface area contributed by atoms with E-state index >= 15 is 0 Å². The number of likely N-dealkylation sites (tertiary alicyclic amines) is 1. The molecule has 1 unspecified atom stereocenters. The molecule has 1 N–H and O–H groups in total. The summed E-state index contributed by atoms with van der Waals surface area (Å²) in [5, 5.41) is 3.04. The van der Waals surface area contributed by atoms with Crippen LogP contribution in [-0.4, -0.2) is 30.7 Å². The zero-order chi connectivity index (χ0) is 17.8. The third-order valence-electron chi connectivity index (χ3n) is 4.96. The molecule has 136 valence electrons. The van der Waals surface area contributed by atoms with Gasteiger partial charge in [-0.3, -0.25) is 0 Å². The minimum Gasteiger partial charge on any atom is -0.490 e. The quantitative estimate of drug-likeness (QED) is 0.912. The number of hydrogen-bond acceptors (Lipinski definition) is 3. The molecule has 26 heavy (non-hydrogen) atoms. The molecule has 2 aromatic carbocycles. The molecule has 2 amide bonds. The molecule has 1 atom stereocenters. The molecular weight excluding hydrogens is 328 g/mol. The number of carbonyl (C=O) groups excluding carboxylic acids is 1. The van der Waals surface area contributed by atoms with Crippen LogP contribution in [0.1, 0.15) is 36.4 Å². The standard InChI is InChI=1S/C21H24N2O3/c24-21(22-15-16-6-2-1-3-7-16)23-11-4-8-18(23)17-9-10-19-20(14-17)26-13-5-12-25-19/h1-3,6-7,9-10,14,18H,4-5,8,11-13,15H2,(H,22,24). The van der Waals surface area contributed by atoms with Gasteiger partial charge in [0.15, 0.2) is 11.5 Å². The van der Waals surface area contributed by atoms with Gasteiger partial charge in [0.05, 0.1) is 19.3 Å². The number of carbonyl (C=O) groups is 1. The van der Waals surface area contributed by atoms with E-state index in [1.54, 1.807) is 0 Å². The Morgan fingerprint density at radius 2 is 1.85 bits per heavy atom. The van der Waals surface area contributed by atoms with Crippen LogP contribution in [0.15, 0.2) is 48.5 Å². The number of urea groups is 1. The summed E-state index contributed by atoms with van der Waals surface area (Å²) >= 11 is 0. The third-order valence-corrected chi connectivity index (χ3v) is 4.96. The van der Waals surface area contributed by atoms with Crippen molar-refractivity contribution in [2.45, 2.75) is 31.8 Å². The SMILES string of the molecule is O=C(NCc1ccccc1)N1CCCC1c1ccc2c(c1)OCCCO2. The lowest BCUT2D eigenvalue weighted by molar-refractivity contribution is 0.192. The summed E-state index contributed by atoms with van der Waals surface area (Å²) in [6.45, 7) is 2.68. The molecule has 1 saturated heterocycles. The molecule has 1 fully saturated rings. The summed E-state index contributed by atoms with van der Waals surface area (Å²) in [6.07, 6.45) is 2.87. The van der Waals surface area contributed by atoms with E-state index in [0.717, 1.165) is 48.4 Å². The second-order valence-corrected chi connectivity index (χ2v) is 6.75. The van der Waals surface area contributed by atoms with Gasteiger partial charge in [-0.2, -0.15) is 0 Å². The number of hydrogen-bond donors (Lipinski definition) is 1. The minimum atomic E-state index is -0.0107. The van der Waals surface area contributed by atoms with Gasteiger partial charge in [-0.25, -0.2) is 4.79 Å².